The lowest BCUT2D eigenvalue weighted by molar-refractivity contribution is 0.966. The fraction of sp³-hybridized carbons (Fsp3) is 0.0833. The van der Waals surface area contributed by atoms with Crippen molar-refractivity contribution in [2.45, 2.75) is 10.9 Å². The molecule has 5 heteroatoms. The standard InChI is InChI=1S/C12H9N3S2/c1-2-5-10-9(4-1)15-11(17-10)8-16-12-13-6-3-7-14-12/h1-7H,8H2. The summed E-state index contributed by atoms with van der Waals surface area (Å²) in [7, 11) is 0. The molecular formula is C12H9N3S2. The van der Waals surface area contributed by atoms with Gasteiger partial charge in [-0.05, 0) is 18.2 Å². The third kappa shape index (κ3) is 2.45. The number of hydrogen-bond donors (Lipinski definition) is 0. The van der Waals surface area contributed by atoms with Crippen LogP contribution in [0, 0.1) is 0 Å². The SMILES string of the molecule is c1cnc(SCc2nc3ccccc3s2)nc1. The number of nitrogens with zero attached hydrogens (tertiary/aromatic N) is 3. The van der Waals surface area contributed by atoms with Crippen LogP contribution in [-0.4, -0.2) is 15.0 Å². The van der Waals surface area contributed by atoms with Crippen LogP contribution in [-0.2, 0) is 5.75 Å². The van der Waals surface area contributed by atoms with E-state index in [2.05, 4.69) is 21.0 Å². The van der Waals surface area contributed by atoms with Crippen LogP contribution in [0.25, 0.3) is 10.2 Å². The highest BCUT2D eigenvalue weighted by Crippen LogP contribution is 2.26. The van der Waals surface area contributed by atoms with E-state index in [9.17, 15) is 0 Å². The summed E-state index contributed by atoms with van der Waals surface area (Å²) in [6, 6.07) is 10.0. The summed E-state index contributed by atoms with van der Waals surface area (Å²) in [5, 5.41) is 1.91. The Balaban J connectivity index is 1.77. The van der Waals surface area contributed by atoms with Gasteiger partial charge in [0.25, 0.3) is 0 Å². The van der Waals surface area contributed by atoms with Crippen molar-refractivity contribution >= 4 is 33.3 Å². The molecule has 17 heavy (non-hydrogen) atoms. The minimum Gasteiger partial charge on any atom is -0.240 e. The number of rotatable bonds is 3. The van der Waals surface area contributed by atoms with Crippen LogP contribution in [0.4, 0.5) is 0 Å². The van der Waals surface area contributed by atoms with Gasteiger partial charge in [-0.1, -0.05) is 23.9 Å². The molecule has 1 aromatic carbocycles. The number of thioether (sulfide) groups is 1. The largest absolute Gasteiger partial charge is 0.240 e. The topological polar surface area (TPSA) is 38.7 Å². The quantitative estimate of drug-likeness (QED) is 0.534. The van der Waals surface area contributed by atoms with Crippen LogP contribution in [0.1, 0.15) is 5.01 Å². The smallest absolute Gasteiger partial charge is 0.187 e. The number of hydrogen-bond acceptors (Lipinski definition) is 5. The second kappa shape index (κ2) is 4.81. The highest BCUT2D eigenvalue weighted by molar-refractivity contribution is 7.98. The van der Waals surface area contributed by atoms with Crippen LogP contribution < -0.4 is 0 Å². The summed E-state index contributed by atoms with van der Waals surface area (Å²) in [4.78, 5) is 12.9. The second-order valence-electron chi connectivity index (χ2n) is 3.40. The molecule has 2 aromatic heterocycles. The van der Waals surface area contributed by atoms with Gasteiger partial charge in [0.05, 0.1) is 16.0 Å². The van der Waals surface area contributed by atoms with Crippen LogP contribution in [0.2, 0.25) is 0 Å². The normalized spacial score (nSPS) is 10.8. The van der Waals surface area contributed by atoms with Gasteiger partial charge in [-0.2, -0.15) is 0 Å². The van der Waals surface area contributed by atoms with Crippen LogP contribution in [0.3, 0.4) is 0 Å². The summed E-state index contributed by atoms with van der Waals surface area (Å²) in [5.74, 6) is 0.823. The average Bonchev–Trinajstić information content (AvgIpc) is 2.80. The van der Waals surface area contributed by atoms with Gasteiger partial charge in [-0.15, -0.1) is 11.3 Å². The predicted molar refractivity (Wildman–Crippen MR) is 71.2 cm³/mol. The average molecular weight is 259 g/mol. The molecule has 0 N–H and O–H groups in total. The summed E-state index contributed by atoms with van der Waals surface area (Å²) in [5.41, 5.74) is 1.07. The molecule has 0 radical (unpaired) electrons. The maximum absolute atomic E-state index is 4.57. The molecule has 3 rings (SSSR count). The third-order valence-electron chi connectivity index (χ3n) is 2.21. The van der Waals surface area contributed by atoms with E-state index < -0.39 is 0 Å². The first-order valence-corrected chi connectivity index (χ1v) is 6.96. The first kappa shape index (κ1) is 10.7. The lowest BCUT2D eigenvalue weighted by Crippen LogP contribution is -1.84. The summed E-state index contributed by atoms with van der Waals surface area (Å²) < 4.78 is 1.23. The van der Waals surface area contributed by atoms with E-state index in [0.29, 0.717) is 0 Å². The predicted octanol–water partition coefficient (Wildman–Crippen LogP) is 3.38. The summed E-state index contributed by atoms with van der Waals surface area (Å²) in [6.07, 6.45) is 3.52. The Kier molecular flexibility index (Phi) is 3.02. The van der Waals surface area contributed by atoms with E-state index in [1.54, 1.807) is 35.5 Å². The number of aromatic nitrogens is 3. The number of fused-ring (bicyclic) bond motifs is 1. The van der Waals surface area contributed by atoms with Crippen molar-refractivity contribution in [3.63, 3.8) is 0 Å². The van der Waals surface area contributed by atoms with E-state index in [-0.39, 0.29) is 0 Å². The fourth-order valence-corrected chi connectivity index (χ4v) is 3.23. The van der Waals surface area contributed by atoms with Crippen LogP contribution in [0.15, 0.2) is 47.9 Å². The minimum atomic E-state index is 0.798. The monoisotopic (exact) mass is 259 g/mol. The zero-order chi connectivity index (χ0) is 11.5. The Morgan fingerprint density at radius 1 is 1.06 bits per heavy atom. The molecule has 0 aliphatic heterocycles. The molecule has 0 atom stereocenters. The van der Waals surface area contributed by atoms with Crippen molar-refractivity contribution in [1.82, 2.24) is 15.0 Å². The fourth-order valence-electron chi connectivity index (χ4n) is 1.47. The Labute approximate surface area is 107 Å². The van der Waals surface area contributed by atoms with Gasteiger partial charge < -0.3 is 0 Å². The lowest BCUT2D eigenvalue weighted by Gasteiger charge is -1.94. The van der Waals surface area contributed by atoms with Crippen molar-refractivity contribution in [1.29, 1.82) is 0 Å². The molecule has 0 spiro atoms. The molecule has 0 aliphatic rings. The van der Waals surface area contributed by atoms with Gasteiger partial charge in [-0.25, -0.2) is 15.0 Å². The minimum absolute atomic E-state index is 0.798. The zero-order valence-electron chi connectivity index (χ0n) is 8.91. The van der Waals surface area contributed by atoms with Gasteiger partial charge >= 0.3 is 0 Å². The summed E-state index contributed by atoms with van der Waals surface area (Å²) in [6.45, 7) is 0. The van der Waals surface area contributed by atoms with Crippen molar-refractivity contribution in [2.24, 2.45) is 0 Å². The molecule has 84 valence electrons. The van der Waals surface area contributed by atoms with Gasteiger partial charge in [0.1, 0.15) is 5.01 Å². The highest BCUT2D eigenvalue weighted by atomic mass is 32.2. The molecule has 0 aliphatic carbocycles. The van der Waals surface area contributed by atoms with E-state index in [4.69, 9.17) is 0 Å². The van der Waals surface area contributed by atoms with E-state index in [1.165, 1.54) is 4.70 Å². The number of benzene rings is 1. The van der Waals surface area contributed by atoms with Crippen molar-refractivity contribution in [2.75, 3.05) is 0 Å². The number of thiazole rings is 1. The van der Waals surface area contributed by atoms with Crippen molar-refractivity contribution in [3.8, 4) is 0 Å². The molecule has 0 fully saturated rings. The van der Waals surface area contributed by atoms with Crippen molar-refractivity contribution in [3.05, 3.63) is 47.7 Å². The zero-order valence-corrected chi connectivity index (χ0v) is 10.5. The first-order chi connectivity index (χ1) is 8.42. The van der Waals surface area contributed by atoms with E-state index in [0.717, 1.165) is 21.4 Å². The van der Waals surface area contributed by atoms with Gasteiger partial charge in [0.2, 0.25) is 0 Å². The number of para-hydroxylation sites is 1. The van der Waals surface area contributed by atoms with E-state index >= 15 is 0 Å². The Morgan fingerprint density at radius 2 is 1.88 bits per heavy atom. The molecule has 2 heterocycles. The maximum atomic E-state index is 4.57. The van der Waals surface area contributed by atoms with Crippen LogP contribution >= 0.6 is 23.1 Å². The molecule has 0 bridgehead atoms. The van der Waals surface area contributed by atoms with Gasteiger partial charge in [0.15, 0.2) is 5.16 Å². The lowest BCUT2D eigenvalue weighted by atomic mass is 10.3. The second-order valence-corrected chi connectivity index (χ2v) is 5.45. The molecule has 3 nitrogen and oxygen atoms in total. The van der Waals surface area contributed by atoms with Crippen molar-refractivity contribution < 1.29 is 0 Å². The van der Waals surface area contributed by atoms with Gasteiger partial charge in [0, 0.05) is 12.4 Å². The van der Waals surface area contributed by atoms with Crippen LogP contribution in [0.5, 0.6) is 0 Å². The Bertz CT molecular complexity index is 589. The first-order valence-electron chi connectivity index (χ1n) is 5.16. The molecule has 0 saturated heterocycles. The summed E-state index contributed by atoms with van der Waals surface area (Å²) >= 11 is 3.34. The maximum Gasteiger partial charge on any atom is 0.187 e. The molecule has 3 aromatic rings. The third-order valence-corrected chi connectivity index (χ3v) is 4.31. The van der Waals surface area contributed by atoms with E-state index in [1.807, 2.05) is 24.3 Å². The molecule has 0 amide bonds. The molecule has 0 saturated carbocycles. The van der Waals surface area contributed by atoms with Gasteiger partial charge in [-0.3, -0.25) is 0 Å². The molecular weight excluding hydrogens is 250 g/mol. The molecule has 0 unspecified atom stereocenters. The Hall–Kier alpha value is -1.46. The highest BCUT2D eigenvalue weighted by Gasteiger charge is 2.04. The Morgan fingerprint density at radius 3 is 2.71 bits per heavy atom.